The highest BCUT2D eigenvalue weighted by atomic mass is 127. The summed E-state index contributed by atoms with van der Waals surface area (Å²) in [5.74, 6) is 2.35. The van der Waals surface area contributed by atoms with Crippen molar-refractivity contribution in [3.63, 3.8) is 0 Å². The van der Waals surface area contributed by atoms with Crippen LogP contribution in [0.15, 0.2) is 53.8 Å². The number of nitrogens with zero attached hydrogens (tertiary/aromatic N) is 2. The van der Waals surface area contributed by atoms with Crippen molar-refractivity contribution in [3.8, 4) is 11.5 Å². The van der Waals surface area contributed by atoms with Gasteiger partial charge < -0.3 is 20.1 Å². The van der Waals surface area contributed by atoms with Crippen LogP contribution >= 0.6 is 24.0 Å². The van der Waals surface area contributed by atoms with Crippen molar-refractivity contribution in [1.29, 1.82) is 0 Å². The first-order chi connectivity index (χ1) is 12.7. The lowest BCUT2D eigenvalue weighted by Crippen LogP contribution is -2.39. The van der Waals surface area contributed by atoms with E-state index < -0.39 is 0 Å². The van der Waals surface area contributed by atoms with Gasteiger partial charge in [-0.05, 0) is 44.0 Å². The van der Waals surface area contributed by atoms with Crippen molar-refractivity contribution >= 4 is 29.9 Å². The lowest BCUT2D eigenvalue weighted by atomic mass is 10.2. The van der Waals surface area contributed by atoms with Crippen molar-refractivity contribution in [2.45, 2.75) is 26.4 Å². The van der Waals surface area contributed by atoms with E-state index in [-0.39, 0.29) is 30.1 Å². The molecule has 1 heterocycles. The Balaban J connectivity index is 0.00000364. The molecule has 2 aromatic rings. The molecule has 1 unspecified atom stereocenters. The summed E-state index contributed by atoms with van der Waals surface area (Å²) in [7, 11) is 1.65. The third-order valence-corrected chi connectivity index (χ3v) is 3.66. The predicted molar refractivity (Wildman–Crippen MR) is 120 cm³/mol. The highest BCUT2D eigenvalue weighted by Gasteiger charge is 2.06. The van der Waals surface area contributed by atoms with E-state index in [2.05, 4.69) is 33.6 Å². The van der Waals surface area contributed by atoms with E-state index in [0.717, 1.165) is 37.0 Å². The fourth-order valence-electron chi connectivity index (χ4n) is 2.38. The van der Waals surface area contributed by atoms with Crippen LogP contribution in [0.5, 0.6) is 11.5 Å². The van der Waals surface area contributed by atoms with Gasteiger partial charge in [-0.25, -0.2) is 4.99 Å². The smallest absolute Gasteiger partial charge is 0.191 e. The number of guanidine groups is 1. The molecule has 27 heavy (non-hydrogen) atoms. The van der Waals surface area contributed by atoms with E-state index >= 15 is 0 Å². The molecule has 0 fully saturated rings. The maximum Gasteiger partial charge on any atom is 0.191 e. The van der Waals surface area contributed by atoms with E-state index in [1.165, 1.54) is 5.56 Å². The van der Waals surface area contributed by atoms with Crippen molar-refractivity contribution < 1.29 is 9.47 Å². The quantitative estimate of drug-likeness (QED) is 0.325. The summed E-state index contributed by atoms with van der Waals surface area (Å²) in [5.41, 5.74) is 1.20. The van der Waals surface area contributed by atoms with Gasteiger partial charge in [-0.2, -0.15) is 0 Å². The van der Waals surface area contributed by atoms with Crippen molar-refractivity contribution in [2.24, 2.45) is 4.99 Å². The van der Waals surface area contributed by atoms with Gasteiger partial charge in [0.2, 0.25) is 0 Å². The summed E-state index contributed by atoms with van der Waals surface area (Å²) < 4.78 is 11.1. The molecule has 2 N–H and O–H groups in total. The molecule has 1 aromatic carbocycles. The molecule has 148 valence electrons. The second-order valence-electron chi connectivity index (χ2n) is 5.87. The van der Waals surface area contributed by atoms with Crippen LogP contribution in [0.2, 0.25) is 0 Å². The molecule has 0 saturated heterocycles. The number of hydrogen-bond acceptors (Lipinski definition) is 4. The molecule has 0 aliphatic carbocycles. The molecule has 0 saturated carbocycles. The fraction of sp³-hybridized carbons (Fsp3) is 0.400. The average Bonchev–Trinajstić information content (AvgIpc) is 2.67. The Morgan fingerprint density at radius 2 is 2.00 bits per heavy atom. The van der Waals surface area contributed by atoms with Gasteiger partial charge in [-0.15, -0.1) is 24.0 Å². The molecule has 0 bridgehead atoms. The van der Waals surface area contributed by atoms with Crippen LogP contribution in [0, 0.1) is 0 Å². The molecule has 2 rings (SSSR count). The zero-order valence-electron chi connectivity index (χ0n) is 16.1. The molecule has 0 spiro atoms. The number of ether oxygens (including phenoxy) is 2. The SMILES string of the molecule is CCNC(=NCC(C)Oc1cccc(OC)c1)NCCc1cccnc1.I. The summed E-state index contributed by atoms with van der Waals surface area (Å²) >= 11 is 0. The summed E-state index contributed by atoms with van der Waals surface area (Å²) in [4.78, 5) is 8.74. The van der Waals surface area contributed by atoms with Crippen molar-refractivity contribution in [3.05, 3.63) is 54.4 Å². The number of benzene rings is 1. The Morgan fingerprint density at radius 3 is 2.70 bits per heavy atom. The van der Waals surface area contributed by atoms with Crippen molar-refractivity contribution in [2.75, 3.05) is 26.7 Å². The molecule has 0 aliphatic rings. The minimum atomic E-state index is -0.0455. The van der Waals surface area contributed by atoms with E-state index in [9.17, 15) is 0 Å². The summed E-state index contributed by atoms with van der Waals surface area (Å²) in [6.07, 6.45) is 4.52. The molecular weight excluding hydrogens is 455 g/mol. The summed E-state index contributed by atoms with van der Waals surface area (Å²) in [6, 6.07) is 11.6. The number of methoxy groups -OCH3 is 1. The zero-order chi connectivity index (χ0) is 18.6. The maximum atomic E-state index is 5.91. The number of nitrogens with one attached hydrogen (secondary N) is 2. The molecule has 7 heteroatoms. The summed E-state index contributed by atoms with van der Waals surface area (Å²) in [6.45, 7) is 6.21. The third kappa shape index (κ3) is 8.94. The number of aliphatic imine (C=N–C) groups is 1. The minimum Gasteiger partial charge on any atom is -0.497 e. The molecule has 1 aromatic heterocycles. The molecule has 0 radical (unpaired) electrons. The Hall–Kier alpha value is -2.03. The highest BCUT2D eigenvalue weighted by Crippen LogP contribution is 2.19. The monoisotopic (exact) mass is 484 g/mol. The first-order valence-corrected chi connectivity index (χ1v) is 8.93. The van der Waals surface area contributed by atoms with Crippen LogP contribution in [-0.4, -0.2) is 43.8 Å². The highest BCUT2D eigenvalue weighted by molar-refractivity contribution is 14.0. The Labute approximate surface area is 178 Å². The molecule has 1 atom stereocenters. The predicted octanol–water partition coefficient (Wildman–Crippen LogP) is 3.27. The van der Waals surface area contributed by atoms with Crippen LogP contribution in [0.25, 0.3) is 0 Å². The molecular formula is C20H29IN4O2. The third-order valence-electron chi connectivity index (χ3n) is 3.66. The Kier molecular flexibility index (Phi) is 11.2. The van der Waals surface area contributed by atoms with E-state index in [0.29, 0.717) is 6.54 Å². The van der Waals surface area contributed by atoms with Crippen molar-refractivity contribution in [1.82, 2.24) is 15.6 Å². The maximum absolute atomic E-state index is 5.91. The Bertz CT molecular complexity index is 683. The van der Waals surface area contributed by atoms with E-state index in [1.54, 1.807) is 13.3 Å². The van der Waals surface area contributed by atoms with Crippen LogP contribution in [-0.2, 0) is 6.42 Å². The molecule has 0 amide bonds. The first kappa shape index (κ1) is 23.0. The average molecular weight is 484 g/mol. The fourth-order valence-corrected chi connectivity index (χ4v) is 2.38. The van der Waals surface area contributed by atoms with Gasteiger partial charge in [0.05, 0.1) is 13.7 Å². The van der Waals surface area contributed by atoms with Gasteiger partial charge in [-0.3, -0.25) is 4.98 Å². The lowest BCUT2D eigenvalue weighted by molar-refractivity contribution is 0.229. The van der Waals surface area contributed by atoms with Gasteiger partial charge in [0.15, 0.2) is 5.96 Å². The van der Waals surface area contributed by atoms with Gasteiger partial charge in [0, 0.05) is 31.5 Å². The molecule has 6 nitrogen and oxygen atoms in total. The first-order valence-electron chi connectivity index (χ1n) is 8.93. The molecule has 0 aliphatic heterocycles. The van der Waals surface area contributed by atoms with Gasteiger partial charge in [0.1, 0.15) is 17.6 Å². The normalized spacial score (nSPS) is 11.9. The number of hydrogen-bond donors (Lipinski definition) is 2. The van der Waals surface area contributed by atoms with Crippen LogP contribution < -0.4 is 20.1 Å². The number of rotatable bonds is 9. The van der Waals surface area contributed by atoms with E-state index in [1.807, 2.05) is 43.5 Å². The second-order valence-corrected chi connectivity index (χ2v) is 5.87. The summed E-state index contributed by atoms with van der Waals surface area (Å²) in [5, 5.41) is 6.60. The lowest BCUT2D eigenvalue weighted by Gasteiger charge is -2.15. The van der Waals surface area contributed by atoms with Gasteiger partial charge in [-0.1, -0.05) is 12.1 Å². The number of aromatic nitrogens is 1. The number of pyridine rings is 1. The zero-order valence-corrected chi connectivity index (χ0v) is 18.5. The largest absolute Gasteiger partial charge is 0.497 e. The van der Waals surface area contributed by atoms with Gasteiger partial charge in [0.25, 0.3) is 0 Å². The van der Waals surface area contributed by atoms with E-state index in [4.69, 9.17) is 9.47 Å². The Morgan fingerprint density at radius 1 is 1.19 bits per heavy atom. The number of halogens is 1. The van der Waals surface area contributed by atoms with Gasteiger partial charge >= 0.3 is 0 Å². The van der Waals surface area contributed by atoms with Crippen LogP contribution in [0.3, 0.4) is 0 Å². The van der Waals surface area contributed by atoms with Crippen LogP contribution in [0.1, 0.15) is 19.4 Å². The second kappa shape index (κ2) is 13.2. The standard InChI is InChI=1S/C20H28N4O2.HI/c1-4-22-20(23-12-10-17-7-6-11-21-15-17)24-14-16(2)26-19-9-5-8-18(13-19)25-3;/h5-9,11,13,15-16H,4,10,12,14H2,1-3H3,(H2,22,23,24);1H. The van der Waals surface area contributed by atoms with Crippen LogP contribution in [0.4, 0.5) is 0 Å². The topological polar surface area (TPSA) is 67.8 Å². The minimum absolute atomic E-state index is 0.